The number of carbonyl (C=O) groups is 1. The van der Waals surface area contributed by atoms with Crippen LogP contribution < -0.4 is 5.73 Å². The first-order valence-electron chi connectivity index (χ1n) is 5.57. The summed E-state index contributed by atoms with van der Waals surface area (Å²) < 4.78 is 0. The molecule has 1 atom stereocenters. The van der Waals surface area contributed by atoms with E-state index in [9.17, 15) is 9.90 Å². The summed E-state index contributed by atoms with van der Waals surface area (Å²) in [5, 5.41) is 9.47. The number of benzene rings is 1. The van der Waals surface area contributed by atoms with Gasteiger partial charge in [0.15, 0.2) is 0 Å². The van der Waals surface area contributed by atoms with Crippen molar-refractivity contribution in [2.75, 3.05) is 6.54 Å². The molecule has 88 valence electrons. The van der Waals surface area contributed by atoms with Crippen LogP contribution >= 0.6 is 0 Å². The molecule has 3 N–H and O–H groups in total. The molecule has 0 amide bonds. The van der Waals surface area contributed by atoms with E-state index in [1.165, 1.54) is 0 Å². The van der Waals surface area contributed by atoms with E-state index in [4.69, 9.17) is 5.73 Å². The predicted octanol–water partition coefficient (Wildman–Crippen LogP) is 2.06. The predicted molar refractivity (Wildman–Crippen MR) is 67.3 cm³/mol. The molecular weight excluding hydrogens is 214 g/mol. The van der Waals surface area contributed by atoms with E-state index < -0.39 is 11.4 Å². The molecule has 17 heavy (non-hydrogen) atoms. The Morgan fingerprint density at radius 3 is 2.65 bits per heavy atom. The first-order chi connectivity index (χ1) is 8.20. The van der Waals surface area contributed by atoms with E-state index in [0.29, 0.717) is 6.42 Å². The molecule has 3 heteroatoms. The van der Waals surface area contributed by atoms with Crippen molar-refractivity contribution in [1.29, 1.82) is 0 Å². The van der Waals surface area contributed by atoms with Gasteiger partial charge in [-0.15, -0.1) is 0 Å². The van der Waals surface area contributed by atoms with Crippen LogP contribution in [0.5, 0.6) is 0 Å². The molecule has 1 aromatic carbocycles. The zero-order chi connectivity index (χ0) is 12.3. The summed E-state index contributed by atoms with van der Waals surface area (Å²) in [6, 6.07) is 9.54. The quantitative estimate of drug-likeness (QED) is 0.833. The highest BCUT2D eigenvalue weighted by Gasteiger charge is 2.41. The summed E-state index contributed by atoms with van der Waals surface area (Å²) in [6.45, 7) is 0.105. The minimum atomic E-state index is -0.990. The second-order valence-corrected chi connectivity index (χ2v) is 4.17. The van der Waals surface area contributed by atoms with E-state index in [1.54, 1.807) is 0 Å². The van der Waals surface area contributed by atoms with Crippen LogP contribution in [0.4, 0.5) is 0 Å². The van der Waals surface area contributed by atoms with Crippen LogP contribution in [0, 0.1) is 5.41 Å². The van der Waals surface area contributed by atoms with Gasteiger partial charge in [0, 0.05) is 6.54 Å². The van der Waals surface area contributed by atoms with Gasteiger partial charge in [-0.3, -0.25) is 4.79 Å². The molecule has 1 aliphatic carbocycles. The van der Waals surface area contributed by atoms with Gasteiger partial charge in [-0.05, 0) is 17.6 Å². The average Bonchev–Trinajstić information content (AvgIpc) is 2.39. The Morgan fingerprint density at radius 1 is 1.35 bits per heavy atom. The molecule has 1 unspecified atom stereocenters. The first-order valence-corrected chi connectivity index (χ1v) is 5.57. The highest BCUT2D eigenvalue weighted by Crippen LogP contribution is 2.40. The van der Waals surface area contributed by atoms with Gasteiger partial charge in [-0.2, -0.15) is 0 Å². The zero-order valence-corrected chi connectivity index (χ0v) is 9.47. The van der Waals surface area contributed by atoms with Gasteiger partial charge in [0.1, 0.15) is 5.41 Å². The largest absolute Gasteiger partial charge is 0.481 e. The smallest absolute Gasteiger partial charge is 0.315 e. The number of carboxylic acids is 1. The summed E-state index contributed by atoms with van der Waals surface area (Å²) in [4.78, 5) is 11.5. The second kappa shape index (κ2) is 4.55. The molecule has 0 aromatic heterocycles. The fraction of sp³-hybridized carbons (Fsp3) is 0.214. The molecule has 1 aromatic rings. The number of hydrogen-bond acceptors (Lipinski definition) is 2. The Balaban J connectivity index is 2.52. The Hall–Kier alpha value is -1.87. The number of carboxylic acid groups (broad SMARTS) is 1. The van der Waals surface area contributed by atoms with Crippen molar-refractivity contribution in [3.8, 4) is 0 Å². The van der Waals surface area contributed by atoms with Crippen molar-refractivity contribution in [3.05, 3.63) is 54.1 Å². The van der Waals surface area contributed by atoms with Crippen molar-refractivity contribution in [1.82, 2.24) is 0 Å². The van der Waals surface area contributed by atoms with Gasteiger partial charge < -0.3 is 10.8 Å². The molecule has 0 spiro atoms. The van der Waals surface area contributed by atoms with Gasteiger partial charge >= 0.3 is 5.97 Å². The molecule has 0 bridgehead atoms. The number of hydrogen-bond donors (Lipinski definition) is 2. The third-order valence-electron chi connectivity index (χ3n) is 3.22. The fourth-order valence-electron chi connectivity index (χ4n) is 2.18. The normalized spacial score (nSPS) is 23.2. The highest BCUT2D eigenvalue weighted by molar-refractivity contribution is 5.93. The maximum Gasteiger partial charge on any atom is 0.315 e. The van der Waals surface area contributed by atoms with Crippen LogP contribution in [-0.4, -0.2) is 17.6 Å². The van der Waals surface area contributed by atoms with Crippen molar-refractivity contribution < 1.29 is 9.90 Å². The van der Waals surface area contributed by atoms with Gasteiger partial charge in [0.2, 0.25) is 0 Å². The van der Waals surface area contributed by atoms with Crippen molar-refractivity contribution in [2.45, 2.75) is 6.42 Å². The van der Waals surface area contributed by atoms with E-state index in [2.05, 4.69) is 0 Å². The number of rotatable bonds is 3. The standard InChI is InChI=1S/C14H15NO2/c15-10-14(13(16)17)9-5-4-8-12(14)11-6-2-1-3-7-11/h1-8H,9-10,15H2,(H,16,17). The van der Waals surface area contributed by atoms with Crippen LogP contribution in [0.25, 0.3) is 5.57 Å². The minimum Gasteiger partial charge on any atom is -0.481 e. The van der Waals surface area contributed by atoms with Crippen LogP contribution in [0.1, 0.15) is 12.0 Å². The molecule has 3 nitrogen and oxygen atoms in total. The molecule has 0 aliphatic heterocycles. The lowest BCUT2D eigenvalue weighted by Gasteiger charge is -2.32. The lowest BCUT2D eigenvalue weighted by molar-refractivity contribution is -0.144. The topological polar surface area (TPSA) is 63.3 Å². The summed E-state index contributed by atoms with van der Waals surface area (Å²) in [7, 11) is 0. The molecule has 0 heterocycles. The Morgan fingerprint density at radius 2 is 2.06 bits per heavy atom. The summed E-state index contributed by atoms with van der Waals surface area (Å²) in [5.41, 5.74) is 6.43. The Kier molecular flexibility index (Phi) is 3.11. The lowest BCUT2D eigenvalue weighted by atomic mass is 9.72. The van der Waals surface area contributed by atoms with E-state index in [-0.39, 0.29) is 6.54 Å². The van der Waals surface area contributed by atoms with Crippen LogP contribution in [0.15, 0.2) is 48.6 Å². The minimum absolute atomic E-state index is 0.105. The third kappa shape index (κ3) is 1.89. The van der Waals surface area contributed by atoms with Crippen LogP contribution in [0.3, 0.4) is 0 Å². The lowest BCUT2D eigenvalue weighted by Crippen LogP contribution is -2.40. The maximum atomic E-state index is 11.5. The second-order valence-electron chi connectivity index (χ2n) is 4.17. The summed E-state index contributed by atoms with van der Waals surface area (Å²) >= 11 is 0. The maximum absolute atomic E-state index is 11.5. The summed E-state index contributed by atoms with van der Waals surface area (Å²) in [6.07, 6.45) is 6.03. The van der Waals surface area contributed by atoms with Gasteiger partial charge in [0.05, 0.1) is 0 Å². The van der Waals surface area contributed by atoms with Gasteiger partial charge in [-0.1, -0.05) is 48.6 Å². The number of allylic oxidation sites excluding steroid dienone is 3. The molecule has 0 radical (unpaired) electrons. The van der Waals surface area contributed by atoms with Crippen molar-refractivity contribution in [3.63, 3.8) is 0 Å². The van der Waals surface area contributed by atoms with E-state index >= 15 is 0 Å². The highest BCUT2D eigenvalue weighted by atomic mass is 16.4. The average molecular weight is 229 g/mol. The Bertz CT molecular complexity index is 476. The van der Waals surface area contributed by atoms with Gasteiger partial charge in [0.25, 0.3) is 0 Å². The van der Waals surface area contributed by atoms with Crippen LogP contribution in [-0.2, 0) is 4.79 Å². The Labute approximate surface area is 100 Å². The molecule has 2 rings (SSSR count). The zero-order valence-electron chi connectivity index (χ0n) is 9.47. The van der Waals surface area contributed by atoms with E-state index in [0.717, 1.165) is 11.1 Å². The fourth-order valence-corrected chi connectivity index (χ4v) is 2.18. The summed E-state index contributed by atoms with van der Waals surface area (Å²) in [5.74, 6) is -0.862. The van der Waals surface area contributed by atoms with Crippen molar-refractivity contribution >= 4 is 11.5 Å². The molecule has 0 fully saturated rings. The van der Waals surface area contributed by atoms with E-state index in [1.807, 2.05) is 48.6 Å². The molecule has 1 aliphatic rings. The van der Waals surface area contributed by atoms with Crippen LogP contribution in [0.2, 0.25) is 0 Å². The van der Waals surface area contributed by atoms with Crippen molar-refractivity contribution in [2.24, 2.45) is 11.1 Å². The number of aliphatic carboxylic acids is 1. The third-order valence-corrected chi connectivity index (χ3v) is 3.22. The number of nitrogens with two attached hydrogens (primary N) is 1. The van der Waals surface area contributed by atoms with Gasteiger partial charge in [-0.25, -0.2) is 0 Å². The monoisotopic (exact) mass is 229 g/mol. The SMILES string of the molecule is NCC1(C(=O)O)CC=CC=C1c1ccccc1. The molecule has 0 saturated carbocycles. The first kappa shape index (κ1) is 11.6. The molecule has 0 saturated heterocycles. The molecular formula is C14H15NO2.